The summed E-state index contributed by atoms with van der Waals surface area (Å²) in [6.45, 7) is 0.342. The number of hydrogen-bond acceptors (Lipinski definition) is 6. The summed E-state index contributed by atoms with van der Waals surface area (Å²) in [5.74, 6) is 0.523. The van der Waals surface area contributed by atoms with Gasteiger partial charge in [0.15, 0.2) is 5.82 Å². The summed E-state index contributed by atoms with van der Waals surface area (Å²) in [4.78, 5) is 12.1. The molecule has 0 bridgehead atoms. The molecule has 0 amide bonds. The number of rotatable bonds is 4. The molecule has 0 unspecified atom stereocenters. The third-order valence-electron chi connectivity index (χ3n) is 2.65. The van der Waals surface area contributed by atoms with Crippen molar-refractivity contribution in [2.45, 2.75) is 13.0 Å². The first-order valence-electron chi connectivity index (χ1n) is 5.75. The third kappa shape index (κ3) is 2.50. The minimum absolute atomic E-state index is 0.309. The molecule has 0 spiro atoms. The molecule has 0 atom stereocenters. The van der Waals surface area contributed by atoms with Crippen LogP contribution in [-0.4, -0.2) is 40.4 Å². The molecule has 2 aromatic heterocycles. The van der Waals surface area contributed by atoms with Gasteiger partial charge >= 0.3 is 5.69 Å². The van der Waals surface area contributed by atoms with E-state index in [1.165, 1.54) is 9.36 Å². The predicted octanol–water partition coefficient (Wildman–Crippen LogP) is -0.0527. The Kier molecular flexibility index (Phi) is 3.37. The van der Waals surface area contributed by atoms with E-state index >= 15 is 0 Å². The van der Waals surface area contributed by atoms with Crippen molar-refractivity contribution in [1.82, 2.24) is 40.4 Å². The first-order valence-corrected chi connectivity index (χ1v) is 6.54. The van der Waals surface area contributed by atoms with Gasteiger partial charge in [0.25, 0.3) is 0 Å². The second-order valence-electron chi connectivity index (χ2n) is 3.95. The van der Waals surface area contributed by atoms with Crippen LogP contribution < -0.4 is 5.69 Å². The maximum Gasteiger partial charge on any atom is 0.368 e. The molecule has 20 heavy (non-hydrogen) atoms. The Balaban J connectivity index is 1.81. The van der Waals surface area contributed by atoms with Crippen LogP contribution in [-0.2, 0) is 13.0 Å². The zero-order valence-electron chi connectivity index (χ0n) is 10.1. The van der Waals surface area contributed by atoms with E-state index in [2.05, 4.69) is 47.0 Å². The normalized spacial score (nSPS) is 10.8. The molecule has 0 saturated heterocycles. The molecular formula is C10H9BrN8O. The fourth-order valence-corrected chi connectivity index (χ4v) is 1.92. The first-order chi connectivity index (χ1) is 9.74. The molecule has 3 rings (SSSR count). The number of H-pyrrole nitrogens is 1. The summed E-state index contributed by atoms with van der Waals surface area (Å²) in [6.07, 6.45) is 0.454. The van der Waals surface area contributed by atoms with Crippen molar-refractivity contribution >= 4 is 15.9 Å². The Morgan fingerprint density at radius 2 is 2.00 bits per heavy atom. The van der Waals surface area contributed by atoms with Gasteiger partial charge in [-0.25, -0.2) is 4.79 Å². The van der Waals surface area contributed by atoms with Crippen LogP contribution in [0.25, 0.3) is 5.69 Å². The van der Waals surface area contributed by atoms with Gasteiger partial charge in [0.2, 0.25) is 0 Å². The summed E-state index contributed by atoms with van der Waals surface area (Å²) in [5, 5.41) is 21.1. The topological polar surface area (TPSA) is 107 Å². The fraction of sp³-hybridized carbons (Fsp3) is 0.200. The largest absolute Gasteiger partial charge is 0.368 e. The van der Waals surface area contributed by atoms with E-state index in [1.54, 1.807) is 12.1 Å². The standard InChI is InChI=1S/C10H9BrN8O/c11-7-1-3-8(4-2-7)19-10(20)18(16-17-19)6-5-9-12-14-15-13-9/h1-4H,5-6H2,(H,12,13,14,15). The molecule has 1 N–H and O–H groups in total. The second kappa shape index (κ2) is 5.33. The van der Waals surface area contributed by atoms with Crippen molar-refractivity contribution in [2.75, 3.05) is 0 Å². The predicted molar refractivity (Wildman–Crippen MR) is 71.2 cm³/mol. The lowest BCUT2D eigenvalue weighted by atomic mass is 10.3. The summed E-state index contributed by atoms with van der Waals surface area (Å²) in [7, 11) is 0. The van der Waals surface area contributed by atoms with Gasteiger partial charge in [-0.2, -0.15) is 14.6 Å². The van der Waals surface area contributed by atoms with Crippen LogP contribution in [0.2, 0.25) is 0 Å². The highest BCUT2D eigenvalue weighted by molar-refractivity contribution is 9.10. The molecule has 9 nitrogen and oxygen atoms in total. The molecule has 0 aliphatic rings. The molecular weight excluding hydrogens is 328 g/mol. The highest BCUT2D eigenvalue weighted by Crippen LogP contribution is 2.11. The zero-order valence-corrected chi connectivity index (χ0v) is 11.7. The number of benzene rings is 1. The maximum atomic E-state index is 12.1. The van der Waals surface area contributed by atoms with Crippen molar-refractivity contribution in [1.29, 1.82) is 0 Å². The molecule has 2 heterocycles. The van der Waals surface area contributed by atoms with E-state index in [9.17, 15) is 4.79 Å². The van der Waals surface area contributed by atoms with Crippen LogP contribution in [0.15, 0.2) is 33.5 Å². The zero-order chi connectivity index (χ0) is 13.9. The molecule has 102 valence electrons. The number of nitrogens with one attached hydrogen (secondary N) is 1. The number of nitrogens with zero attached hydrogens (tertiary/aromatic N) is 7. The molecule has 0 fully saturated rings. The van der Waals surface area contributed by atoms with Gasteiger partial charge in [0.05, 0.1) is 12.2 Å². The molecule has 0 aliphatic carbocycles. The smallest absolute Gasteiger partial charge is 0.244 e. The van der Waals surface area contributed by atoms with E-state index in [0.29, 0.717) is 24.5 Å². The van der Waals surface area contributed by atoms with Crippen molar-refractivity contribution in [3.8, 4) is 5.69 Å². The van der Waals surface area contributed by atoms with Gasteiger partial charge in [0, 0.05) is 10.9 Å². The number of tetrazole rings is 2. The highest BCUT2D eigenvalue weighted by Gasteiger charge is 2.09. The monoisotopic (exact) mass is 336 g/mol. The van der Waals surface area contributed by atoms with E-state index in [4.69, 9.17) is 0 Å². The van der Waals surface area contributed by atoms with E-state index in [-0.39, 0.29) is 5.69 Å². The highest BCUT2D eigenvalue weighted by atomic mass is 79.9. The average molecular weight is 337 g/mol. The Labute approximate surface area is 120 Å². The third-order valence-corrected chi connectivity index (χ3v) is 3.18. The molecule has 1 aromatic carbocycles. The Morgan fingerprint density at radius 1 is 1.20 bits per heavy atom. The SMILES string of the molecule is O=c1n(CCc2nn[nH]n2)nnn1-c1ccc(Br)cc1. The second-order valence-corrected chi connectivity index (χ2v) is 4.87. The molecule has 0 saturated carbocycles. The number of aromatic nitrogens is 8. The number of hydrogen-bond donors (Lipinski definition) is 1. The van der Waals surface area contributed by atoms with Crippen LogP contribution in [0.5, 0.6) is 0 Å². The molecule has 0 aliphatic heterocycles. The van der Waals surface area contributed by atoms with Gasteiger partial charge in [-0.05, 0) is 34.7 Å². The lowest BCUT2D eigenvalue weighted by Crippen LogP contribution is -2.25. The van der Waals surface area contributed by atoms with E-state index < -0.39 is 0 Å². The Bertz CT molecular complexity index is 744. The average Bonchev–Trinajstić information content (AvgIpc) is 3.08. The number of aromatic amines is 1. The summed E-state index contributed by atoms with van der Waals surface area (Å²) < 4.78 is 3.43. The minimum atomic E-state index is -0.309. The van der Waals surface area contributed by atoms with Crippen molar-refractivity contribution in [3.05, 3.63) is 45.0 Å². The van der Waals surface area contributed by atoms with Crippen LogP contribution in [0.4, 0.5) is 0 Å². The van der Waals surface area contributed by atoms with Crippen LogP contribution >= 0.6 is 15.9 Å². The van der Waals surface area contributed by atoms with Crippen LogP contribution in [0.1, 0.15) is 5.82 Å². The lowest BCUT2D eigenvalue weighted by Gasteiger charge is -1.98. The fourth-order valence-electron chi connectivity index (χ4n) is 1.65. The quantitative estimate of drug-likeness (QED) is 0.715. The number of aryl methyl sites for hydroxylation is 2. The molecule has 0 radical (unpaired) electrons. The molecule has 10 heteroatoms. The Morgan fingerprint density at radius 3 is 2.70 bits per heavy atom. The van der Waals surface area contributed by atoms with Crippen molar-refractivity contribution in [2.24, 2.45) is 0 Å². The lowest BCUT2D eigenvalue weighted by molar-refractivity contribution is 0.563. The van der Waals surface area contributed by atoms with Gasteiger partial charge in [-0.15, -0.1) is 10.2 Å². The maximum absolute atomic E-state index is 12.1. The van der Waals surface area contributed by atoms with Crippen LogP contribution in [0.3, 0.4) is 0 Å². The van der Waals surface area contributed by atoms with Gasteiger partial charge < -0.3 is 0 Å². The van der Waals surface area contributed by atoms with Gasteiger partial charge in [-0.3, -0.25) is 0 Å². The van der Waals surface area contributed by atoms with Crippen LogP contribution in [0, 0.1) is 0 Å². The van der Waals surface area contributed by atoms with Crippen molar-refractivity contribution in [3.63, 3.8) is 0 Å². The summed E-state index contributed by atoms with van der Waals surface area (Å²) in [6, 6.07) is 7.23. The summed E-state index contributed by atoms with van der Waals surface area (Å²) in [5.41, 5.74) is 0.347. The first kappa shape index (κ1) is 12.7. The van der Waals surface area contributed by atoms with E-state index in [0.717, 1.165) is 4.47 Å². The van der Waals surface area contributed by atoms with E-state index in [1.807, 2.05) is 12.1 Å². The van der Waals surface area contributed by atoms with Crippen molar-refractivity contribution < 1.29 is 0 Å². The number of halogens is 1. The van der Waals surface area contributed by atoms with Gasteiger partial charge in [-0.1, -0.05) is 21.1 Å². The van der Waals surface area contributed by atoms with Gasteiger partial charge in [0.1, 0.15) is 0 Å². The Hall–Kier alpha value is -2.36. The minimum Gasteiger partial charge on any atom is -0.244 e. The molecule has 3 aromatic rings. The summed E-state index contributed by atoms with van der Waals surface area (Å²) >= 11 is 3.34.